The van der Waals surface area contributed by atoms with Crippen molar-refractivity contribution in [3.05, 3.63) is 35.8 Å². The Morgan fingerprint density at radius 2 is 1.95 bits per heavy atom. The van der Waals surface area contributed by atoms with Crippen LogP contribution in [0.25, 0.3) is 0 Å². The Balaban J connectivity index is 1.32. The van der Waals surface area contributed by atoms with Crippen molar-refractivity contribution in [1.82, 2.24) is 9.88 Å². The molecule has 13 heteroatoms. The van der Waals surface area contributed by atoms with Gasteiger partial charge in [-0.2, -0.15) is 0 Å². The fourth-order valence-corrected chi connectivity index (χ4v) is 6.63. The van der Waals surface area contributed by atoms with E-state index in [2.05, 4.69) is 4.98 Å². The summed E-state index contributed by atoms with van der Waals surface area (Å²) in [5, 5.41) is 0. The zero-order valence-electron chi connectivity index (χ0n) is 20.7. The Bertz CT molecular complexity index is 1310. The Morgan fingerprint density at radius 1 is 1.18 bits per heavy atom. The van der Waals surface area contributed by atoms with Crippen molar-refractivity contribution in [3.63, 3.8) is 0 Å². The molecule has 2 aromatic rings. The highest BCUT2D eigenvalue weighted by Crippen LogP contribution is 2.44. The molecule has 0 spiro atoms. The second-order valence-corrected chi connectivity index (χ2v) is 11.9. The third kappa shape index (κ3) is 5.20. The van der Waals surface area contributed by atoms with Crippen molar-refractivity contribution in [1.29, 1.82) is 0 Å². The lowest BCUT2D eigenvalue weighted by Crippen LogP contribution is -2.39. The van der Waals surface area contributed by atoms with E-state index in [1.807, 2.05) is 0 Å². The number of carbonyl (C=O) groups excluding carboxylic acids is 1. The van der Waals surface area contributed by atoms with Crippen LogP contribution in [-0.4, -0.2) is 75.2 Å². The molecule has 5 rings (SSSR count). The maximum absolute atomic E-state index is 15.8. The third-order valence-electron chi connectivity index (χ3n) is 7.14. The average molecular weight is 556 g/mol. The second kappa shape index (κ2) is 10.5. The number of likely N-dealkylation sites (tertiary alicyclic amines) is 1. The molecule has 0 radical (unpaired) electrons. The van der Waals surface area contributed by atoms with Gasteiger partial charge in [-0.3, -0.25) is 4.79 Å². The van der Waals surface area contributed by atoms with Gasteiger partial charge >= 0.3 is 0 Å². The minimum atomic E-state index is -3.07. The molecule has 38 heavy (non-hydrogen) atoms. The van der Waals surface area contributed by atoms with Crippen LogP contribution in [0.5, 0.6) is 17.4 Å². The molecular formula is C25H28F3N3O6S. The molecule has 1 aromatic carbocycles. The zero-order chi connectivity index (χ0) is 27.0. The highest BCUT2D eigenvalue weighted by molar-refractivity contribution is 7.91. The van der Waals surface area contributed by atoms with Gasteiger partial charge in [0.15, 0.2) is 11.6 Å². The summed E-state index contributed by atoms with van der Waals surface area (Å²) in [4.78, 5) is 20.0. The summed E-state index contributed by atoms with van der Waals surface area (Å²) in [6.07, 6.45) is -0.830. The number of methoxy groups -OCH3 is 1. The molecule has 1 amide bonds. The standard InChI is InChI=1S/C25H28F3N3O6S/c1-35-24-18(23(27)28)12-16(13-29-24)31-8-9-36-20-3-2-19(21(26)22(20)31)37-17-4-7-30(14-17)25(32)15-5-10-38(33,34)11-6-15/h2-3,12-13,15,17,23H,4-11,14H2,1H3. The lowest BCUT2D eigenvalue weighted by atomic mass is 10.0. The van der Waals surface area contributed by atoms with E-state index in [0.717, 1.165) is 0 Å². The number of ether oxygens (including phenoxy) is 3. The van der Waals surface area contributed by atoms with E-state index in [9.17, 15) is 22.0 Å². The molecule has 1 atom stereocenters. The molecule has 2 fully saturated rings. The number of pyridine rings is 1. The minimum Gasteiger partial charge on any atom is -0.489 e. The predicted molar refractivity (Wildman–Crippen MR) is 132 cm³/mol. The van der Waals surface area contributed by atoms with Gasteiger partial charge in [0.25, 0.3) is 6.43 Å². The van der Waals surface area contributed by atoms with Gasteiger partial charge in [-0.15, -0.1) is 0 Å². The molecule has 1 aromatic heterocycles. The number of hydrogen-bond acceptors (Lipinski definition) is 8. The Kier molecular flexibility index (Phi) is 7.30. The van der Waals surface area contributed by atoms with E-state index < -0.39 is 33.7 Å². The average Bonchev–Trinajstić information content (AvgIpc) is 3.38. The van der Waals surface area contributed by atoms with Crippen molar-refractivity contribution in [2.75, 3.05) is 49.8 Å². The summed E-state index contributed by atoms with van der Waals surface area (Å²) in [7, 11) is -1.82. The first-order valence-corrected chi connectivity index (χ1v) is 14.2. The van der Waals surface area contributed by atoms with Crippen LogP contribution in [0.3, 0.4) is 0 Å². The smallest absolute Gasteiger partial charge is 0.269 e. The number of fused-ring (bicyclic) bond motifs is 1. The fraction of sp³-hybridized carbons (Fsp3) is 0.520. The predicted octanol–water partition coefficient (Wildman–Crippen LogP) is 3.50. The molecule has 0 saturated carbocycles. The van der Waals surface area contributed by atoms with Crippen LogP contribution in [-0.2, 0) is 14.6 Å². The minimum absolute atomic E-state index is 0.0125. The molecule has 206 valence electrons. The molecule has 2 saturated heterocycles. The third-order valence-corrected chi connectivity index (χ3v) is 8.86. The summed E-state index contributed by atoms with van der Waals surface area (Å²) in [6.45, 7) is 1.11. The molecule has 4 heterocycles. The van der Waals surface area contributed by atoms with Gasteiger partial charge < -0.3 is 24.0 Å². The number of rotatable bonds is 6. The van der Waals surface area contributed by atoms with Crippen LogP contribution in [0, 0.1) is 11.7 Å². The number of benzene rings is 1. The van der Waals surface area contributed by atoms with Crippen molar-refractivity contribution in [2.24, 2.45) is 5.92 Å². The number of halogens is 3. The number of alkyl halides is 2. The Labute approximate surface area is 218 Å². The molecule has 0 N–H and O–H groups in total. The van der Waals surface area contributed by atoms with E-state index in [0.29, 0.717) is 25.8 Å². The van der Waals surface area contributed by atoms with Gasteiger partial charge in [0.05, 0.1) is 49.2 Å². The first kappa shape index (κ1) is 26.4. The number of anilines is 2. The Hall–Kier alpha value is -3.22. The molecule has 0 aliphatic carbocycles. The van der Waals surface area contributed by atoms with Crippen molar-refractivity contribution < 1.29 is 40.6 Å². The van der Waals surface area contributed by atoms with Gasteiger partial charge in [0, 0.05) is 18.9 Å². The summed E-state index contributed by atoms with van der Waals surface area (Å²) < 4.78 is 82.8. The van der Waals surface area contributed by atoms with Crippen LogP contribution < -0.4 is 19.1 Å². The number of carbonyl (C=O) groups is 1. The molecule has 3 aliphatic heterocycles. The van der Waals surface area contributed by atoms with Gasteiger partial charge in [-0.1, -0.05) is 0 Å². The lowest BCUT2D eigenvalue weighted by Gasteiger charge is -2.32. The van der Waals surface area contributed by atoms with Crippen molar-refractivity contribution >= 4 is 27.1 Å². The van der Waals surface area contributed by atoms with Crippen molar-refractivity contribution in [3.8, 4) is 17.4 Å². The SMILES string of the molecule is COc1ncc(N2CCOc3ccc(OC4CCN(C(=O)C5CCS(=O)(=O)CC5)C4)c(F)c32)cc1C(F)F. The van der Waals surface area contributed by atoms with E-state index in [1.165, 1.54) is 30.3 Å². The molecule has 0 bridgehead atoms. The number of nitrogens with zero attached hydrogens (tertiary/aromatic N) is 3. The van der Waals surface area contributed by atoms with Crippen LogP contribution in [0.4, 0.5) is 24.5 Å². The highest BCUT2D eigenvalue weighted by Gasteiger charge is 2.36. The molecule has 9 nitrogen and oxygen atoms in total. The first-order valence-electron chi connectivity index (χ1n) is 12.4. The van der Waals surface area contributed by atoms with Gasteiger partial charge in [0.1, 0.15) is 34.0 Å². The normalized spacial score (nSPS) is 21.2. The summed E-state index contributed by atoms with van der Waals surface area (Å²) in [5.41, 5.74) is -0.0961. The van der Waals surface area contributed by atoms with Crippen LogP contribution >= 0.6 is 0 Å². The number of aromatic nitrogens is 1. The topological polar surface area (TPSA) is 98.3 Å². The largest absolute Gasteiger partial charge is 0.489 e. The second-order valence-electron chi connectivity index (χ2n) is 9.56. The molecule has 3 aliphatic rings. The zero-order valence-corrected chi connectivity index (χ0v) is 21.6. The lowest BCUT2D eigenvalue weighted by molar-refractivity contribution is -0.135. The van der Waals surface area contributed by atoms with E-state index in [-0.39, 0.29) is 71.8 Å². The van der Waals surface area contributed by atoms with Gasteiger partial charge in [-0.25, -0.2) is 26.6 Å². The highest BCUT2D eigenvalue weighted by atomic mass is 32.2. The number of amides is 1. The summed E-state index contributed by atoms with van der Waals surface area (Å²) in [6, 6.07) is 4.23. The molecule has 1 unspecified atom stereocenters. The fourth-order valence-electron chi connectivity index (χ4n) is 5.14. The number of sulfone groups is 1. The number of hydrogen-bond donors (Lipinski definition) is 0. The maximum Gasteiger partial charge on any atom is 0.269 e. The van der Waals surface area contributed by atoms with Gasteiger partial charge in [-0.05, 0) is 31.0 Å². The Morgan fingerprint density at radius 3 is 2.66 bits per heavy atom. The van der Waals surface area contributed by atoms with Crippen LogP contribution in [0.2, 0.25) is 0 Å². The van der Waals surface area contributed by atoms with Crippen LogP contribution in [0.1, 0.15) is 31.3 Å². The van der Waals surface area contributed by atoms with E-state index >= 15 is 4.39 Å². The first-order chi connectivity index (χ1) is 18.2. The summed E-state index contributed by atoms with van der Waals surface area (Å²) >= 11 is 0. The van der Waals surface area contributed by atoms with Gasteiger partial charge in [0.2, 0.25) is 11.8 Å². The van der Waals surface area contributed by atoms with E-state index in [1.54, 1.807) is 11.0 Å². The van der Waals surface area contributed by atoms with E-state index in [4.69, 9.17) is 14.2 Å². The quantitative estimate of drug-likeness (QED) is 0.534. The van der Waals surface area contributed by atoms with Crippen molar-refractivity contribution in [2.45, 2.75) is 31.8 Å². The maximum atomic E-state index is 15.8. The monoisotopic (exact) mass is 555 g/mol. The van der Waals surface area contributed by atoms with Crippen LogP contribution in [0.15, 0.2) is 24.4 Å². The summed E-state index contributed by atoms with van der Waals surface area (Å²) in [5.74, 6) is -1.12. The molecular weight excluding hydrogens is 527 g/mol.